The molecule has 1 fully saturated rings. The predicted molar refractivity (Wildman–Crippen MR) is 61.2 cm³/mol. The molecular formula is C11H16N4O. The first kappa shape index (κ1) is 10.9. The molecule has 1 saturated heterocycles. The topological polar surface area (TPSA) is 74.7 Å². The average molecular weight is 220 g/mol. The van der Waals surface area contributed by atoms with E-state index in [1.807, 2.05) is 18.2 Å². The molecule has 1 aliphatic rings. The number of hydrogen-bond donors (Lipinski definition) is 2. The highest BCUT2D eigenvalue weighted by molar-refractivity contribution is 5.86. The number of likely N-dealkylation sites (tertiary alicyclic amines) is 1. The Balaban J connectivity index is 2.27. The molecule has 0 radical (unpaired) electrons. The molecule has 1 aliphatic heterocycles. The zero-order valence-electron chi connectivity index (χ0n) is 9.08. The molecule has 5 heteroatoms. The molecule has 0 saturated carbocycles. The Labute approximate surface area is 94.6 Å². The molecule has 1 aromatic heterocycles. The van der Waals surface area contributed by atoms with E-state index in [9.17, 15) is 0 Å². The van der Waals surface area contributed by atoms with E-state index in [0.29, 0.717) is 0 Å². The molecule has 0 bridgehead atoms. The lowest BCUT2D eigenvalue weighted by Crippen LogP contribution is -2.36. The van der Waals surface area contributed by atoms with Crippen molar-refractivity contribution in [3.8, 4) is 0 Å². The van der Waals surface area contributed by atoms with Crippen LogP contribution in [0.25, 0.3) is 0 Å². The second-order valence-corrected chi connectivity index (χ2v) is 3.93. The van der Waals surface area contributed by atoms with Crippen molar-refractivity contribution in [1.82, 2.24) is 9.88 Å². The van der Waals surface area contributed by atoms with E-state index in [1.54, 1.807) is 6.20 Å². The Morgan fingerprint density at radius 3 is 2.75 bits per heavy atom. The summed E-state index contributed by atoms with van der Waals surface area (Å²) >= 11 is 0. The van der Waals surface area contributed by atoms with Crippen LogP contribution in [0.15, 0.2) is 29.6 Å². The van der Waals surface area contributed by atoms with Crippen molar-refractivity contribution in [3.05, 3.63) is 30.1 Å². The van der Waals surface area contributed by atoms with Gasteiger partial charge in [-0.1, -0.05) is 11.2 Å². The van der Waals surface area contributed by atoms with Crippen LogP contribution >= 0.6 is 0 Å². The first-order valence-electron chi connectivity index (χ1n) is 5.45. The monoisotopic (exact) mass is 220 g/mol. The second kappa shape index (κ2) is 4.94. The van der Waals surface area contributed by atoms with Crippen LogP contribution in [-0.4, -0.2) is 34.0 Å². The van der Waals surface area contributed by atoms with Gasteiger partial charge in [-0.15, -0.1) is 0 Å². The fraction of sp³-hybridized carbons (Fsp3) is 0.455. The summed E-state index contributed by atoms with van der Waals surface area (Å²) in [5.74, 6) is 0.209. The number of aromatic nitrogens is 1. The molecule has 86 valence electrons. The number of nitrogens with two attached hydrogens (primary N) is 1. The van der Waals surface area contributed by atoms with Gasteiger partial charge in [-0.2, -0.15) is 0 Å². The van der Waals surface area contributed by atoms with Gasteiger partial charge in [0.15, 0.2) is 5.84 Å². The summed E-state index contributed by atoms with van der Waals surface area (Å²) in [6.45, 7) is 1.94. The van der Waals surface area contributed by atoms with Crippen LogP contribution in [0.5, 0.6) is 0 Å². The van der Waals surface area contributed by atoms with Crippen molar-refractivity contribution in [2.24, 2.45) is 10.9 Å². The highest BCUT2D eigenvalue weighted by atomic mass is 16.4. The van der Waals surface area contributed by atoms with E-state index in [-0.39, 0.29) is 11.9 Å². The van der Waals surface area contributed by atoms with Gasteiger partial charge in [0.1, 0.15) is 6.04 Å². The minimum absolute atomic E-state index is 0.200. The number of hydrogen-bond acceptors (Lipinski definition) is 4. The second-order valence-electron chi connectivity index (χ2n) is 3.93. The fourth-order valence-corrected chi connectivity index (χ4v) is 2.12. The third kappa shape index (κ3) is 2.14. The SMILES string of the molecule is NC(=NO)[C@@H](c1ccccn1)N1CCCC1. The van der Waals surface area contributed by atoms with Gasteiger partial charge in [-0.25, -0.2) is 0 Å². The number of amidine groups is 1. The van der Waals surface area contributed by atoms with Crippen LogP contribution in [0, 0.1) is 0 Å². The first-order chi connectivity index (χ1) is 7.83. The lowest BCUT2D eigenvalue weighted by Gasteiger charge is -2.25. The normalized spacial score (nSPS) is 19.9. The third-order valence-corrected chi connectivity index (χ3v) is 2.87. The maximum atomic E-state index is 8.84. The molecule has 0 aliphatic carbocycles. The summed E-state index contributed by atoms with van der Waals surface area (Å²) in [5.41, 5.74) is 6.58. The molecule has 3 N–H and O–H groups in total. The van der Waals surface area contributed by atoms with E-state index < -0.39 is 0 Å². The van der Waals surface area contributed by atoms with Crippen LogP contribution in [0.4, 0.5) is 0 Å². The van der Waals surface area contributed by atoms with Crippen molar-refractivity contribution in [3.63, 3.8) is 0 Å². The Morgan fingerprint density at radius 2 is 2.19 bits per heavy atom. The molecule has 5 nitrogen and oxygen atoms in total. The maximum absolute atomic E-state index is 8.84. The average Bonchev–Trinajstić information content (AvgIpc) is 2.84. The Kier molecular flexibility index (Phi) is 3.36. The van der Waals surface area contributed by atoms with Crippen molar-refractivity contribution in [1.29, 1.82) is 0 Å². The summed E-state index contributed by atoms with van der Waals surface area (Å²) in [7, 11) is 0. The summed E-state index contributed by atoms with van der Waals surface area (Å²) < 4.78 is 0. The van der Waals surface area contributed by atoms with Crippen molar-refractivity contribution in [2.45, 2.75) is 18.9 Å². The summed E-state index contributed by atoms with van der Waals surface area (Å²) in [5, 5.41) is 12.0. The molecule has 2 rings (SSSR count). The van der Waals surface area contributed by atoms with Gasteiger partial charge in [-0.3, -0.25) is 9.88 Å². The molecule has 0 unspecified atom stereocenters. The van der Waals surface area contributed by atoms with Gasteiger partial charge < -0.3 is 10.9 Å². The number of rotatable bonds is 3. The van der Waals surface area contributed by atoms with E-state index in [0.717, 1.165) is 31.6 Å². The van der Waals surface area contributed by atoms with Crippen LogP contribution in [0.1, 0.15) is 24.6 Å². The molecule has 0 aromatic carbocycles. The largest absolute Gasteiger partial charge is 0.409 e. The third-order valence-electron chi connectivity index (χ3n) is 2.87. The van der Waals surface area contributed by atoms with Gasteiger partial charge in [0.2, 0.25) is 0 Å². The van der Waals surface area contributed by atoms with Crippen LogP contribution < -0.4 is 5.73 Å². The molecule has 2 heterocycles. The zero-order chi connectivity index (χ0) is 11.4. The summed E-state index contributed by atoms with van der Waals surface area (Å²) in [4.78, 5) is 6.47. The van der Waals surface area contributed by atoms with Crippen LogP contribution in [-0.2, 0) is 0 Å². The van der Waals surface area contributed by atoms with E-state index in [4.69, 9.17) is 10.9 Å². The van der Waals surface area contributed by atoms with E-state index in [2.05, 4.69) is 15.0 Å². The summed E-state index contributed by atoms with van der Waals surface area (Å²) in [6.07, 6.45) is 4.03. The fourth-order valence-electron chi connectivity index (χ4n) is 2.12. The quantitative estimate of drug-likeness (QED) is 0.344. The van der Waals surface area contributed by atoms with Crippen molar-refractivity contribution in [2.75, 3.05) is 13.1 Å². The molecular weight excluding hydrogens is 204 g/mol. The first-order valence-corrected chi connectivity index (χ1v) is 5.45. The van der Waals surface area contributed by atoms with E-state index in [1.165, 1.54) is 0 Å². The van der Waals surface area contributed by atoms with Gasteiger partial charge in [0, 0.05) is 6.20 Å². The van der Waals surface area contributed by atoms with Crippen LogP contribution in [0.3, 0.4) is 0 Å². The van der Waals surface area contributed by atoms with E-state index >= 15 is 0 Å². The number of pyridine rings is 1. The Morgan fingerprint density at radius 1 is 1.44 bits per heavy atom. The molecule has 1 atom stereocenters. The summed E-state index contributed by atoms with van der Waals surface area (Å²) in [6, 6.07) is 5.47. The van der Waals surface area contributed by atoms with Gasteiger partial charge in [0.25, 0.3) is 0 Å². The lowest BCUT2D eigenvalue weighted by atomic mass is 10.1. The smallest absolute Gasteiger partial charge is 0.162 e. The van der Waals surface area contributed by atoms with Gasteiger partial charge >= 0.3 is 0 Å². The molecule has 1 aromatic rings. The molecule has 16 heavy (non-hydrogen) atoms. The van der Waals surface area contributed by atoms with Crippen molar-refractivity contribution < 1.29 is 5.21 Å². The van der Waals surface area contributed by atoms with Crippen LogP contribution in [0.2, 0.25) is 0 Å². The number of oxime groups is 1. The highest BCUT2D eigenvalue weighted by Crippen LogP contribution is 2.23. The Bertz CT molecular complexity index is 360. The minimum Gasteiger partial charge on any atom is -0.409 e. The minimum atomic E-state index is -0.200. The van der Waals surface area contributed by atoms with Crippen molar-refractivity contribution >= 4 is 5.84 Å². The maximum Gasteiger partial charge on any atom is 0.162 e. The molecule has 0 spiro atoms. The predicted octanol–water partition coefficient (Wildman–Crippen LogP) is 0.965. The standard InChI is InChI=1S/C11H16N4O/c12-11(14-16)10(15-7-3-4-8-15)9-5-1-2-6-13-9/h1-2,5-6,10,16H,3-4,7-8H2,(H2,12,14)/t10-/m1/s1. The molecule has 0 amide bonds. The lowest BCUT2D eigenvalue weighted by molar-refractivity contribution is 0.275. The van der Waals surface area contributed by atoms with Gasteiger partial charge in [0.05, 0.1) is 5.69 Å². The highest BCUT2D eigenvalue weighted by Gasteiger charge is 2.27. The van der Waals surface area contributed by atoms with Gasteiger partial charge in [-0.05, 0) is 38.1 Å². The number of nitrogens with zero attached hydrogens (tertiary/aromatic N) is 3. The Hall–Kier alpha value is -1.62. The zero-order valence-corrected chi connectivity index (χ0v) is 9.08.